The standard InChI is InChI=1S/C9H13NO5/c1-2-3-14-9(13)10-6-4-7(8(11)12)15-5-6/h2,6-7H,1,3-5H2,(H,10,13)(H,11,12)/t6-,7+/m1/s1. The number of aliphatic carboxylic acids is 1. The van der Waals surface area contributed by atoms with Crippen LogP contribution in [-0.2, 0) is 14.3 Å². The third-order valence-corrected chi connectivity index (χ3v) is 1.93. The molecule has 84 valence electrons. The second-order valence-electron chi connectivity index (χ2n) is 3.12. The molecule has 1 saturated heterocycles. The molecule has 1 heterocycles. The molecule has 2 N–H and O–H groups in total. The van der Waals surface area contributed by atoms with Crippen molar-refractivity contribution in [3.63, 3.8) is 0 Å². The summed E-state index contributed by atoms with van der Waals surface area (Å²) in [5.74, 6) is -1.02. The highest BCUT2D eigenvalue weighted by atomic mass is 16.6. The molecule has 0 aromatic rings. The Hall–Kier alpha value is -1.56. The van der Waals surface area contributed by atoms with Crippen LogP contribution >= 0.6 is 0 Å². The predicted octanol–water partition coefficient (Wildman–Crippen LogP) is 0.141. The van der Waals surface area contributed by atoms with Crippen LogP contribution in [0.25, 0.3) is 0 Å². The quantitative estimate of drug-likeness (QED) is 0.651. The summed E-state index contributed by atoms with van der Waals surface area (Å²) in [7, 11) is 0. The minimum absolute atomic E-state index is 0.127. The molecule has 0 aromatic carbocycles. The molecule has 0 bridgehead atoms. The van der Waals surface area contributed by atoms with Gasteiger partial charge in [0.1, 0.15) is 6.61 Å². The highest BCUT2D eigenvalue weighted by Gasteiger charge is 2.31. The second kappa shape index (κ2) is 5.35. The van der Waals surface area contributed by atoms with Gasteiger partial charge in [-0.15, -0.1) is 0 Å². The van der Waals surface area contributed by atoms with E-state index < -0.39 is 18.2 Å². The molecule has 1 aliphatic rings. The monoisotopic (exact) mass is 215 g/mol. The lowest BCUT2D eigenvalue weighted by Crippen LogP contribution is -2.36. The van der Waals surface area contributed by atoms with Crippen LogP contribution in [0.1, 0.15) is 6.42 Å². The maximum atomic E-state index is 11.1. The largest absolute Gasteiger partial charge is 0.479 e. The van der Waals surface area contributed by atoms with Crippen molar-refractivity contribution >= 4 is 12.1 Å². The van der Waals surface area contributed by atoms with E-state index in [1.807, 2.05) is 0 Å². The van der Waals surface area contributed by atoms with Gasteiger partial charge < -0.3 is 19.9 Å². The van der Waals surface area contributed by atoms with Crippen LogP contribution < -0.4 is 5.32 Å². The third-order valence-electron chi connectivity index (χ3n) is 1.93. The van der Waals surface area contributed by atoms with Crippen molar-refractivity contribution in [2.24, 2.45) is 0 Å². The van der Waals surface area contributed by atoms with E-state index in [0.717, 1.165) is 0 Å². The number of alkyl carbamates (subject to hydrolysis) is 1. The molecular formula is C9H13NO5. The summed E-state index contributed by atoms with van der Waals surface area (Å²) in [6.07, 6.45) is 0.285. The Morgan fingerprint density at radius 3 is 2.93 bits per heavy atom. The van der Waals surface area contributed by atoms with Gasteiger partial charge >= 0.3 is 12.1 Å². The molecule has 0 spiro atoms. The summed E-state index contributed by atoms with van der Waals surface area (Å²) in [5.41, 5.74) is 0. The van der Waals surface area contributed by atoms with Crippen molar-refractivity contribution in [1.82, 2.24) is 5.32 Å². The van der Waals surface area contributed by atoms with E-state index in [2.05, 4.69) is 16.6 Å². The summed E-state index contributed by atoms with van der Waals surface area (Å²) in [4.78, 5) is 21.6. The second-order valence-corrected chi connectivity index (χ2v) is 3.12. The highest BCUT2D eigenvalue weighted by molar-refractivity contribution is 5.73. The van der Waals surface area contributed by atoms with Gasteiger partial charge in [-0.2, -0.15) is 0 Å². The molecule has 1 aliphatic heterocycles. The van der Waals surface area contributed by atoms with E-state index in [1.54, 1.807) is 0 Å². The van der Waals surface area contributed by atoms with E-state index in [4.69, 9.17) is 9.84 Å². The van der Waals surface area contributed by atoms with Gasteiger partial charge in [-0.3, -0.25) is 0 Å². The number of hydrogen-bond donors (Lipinski definition) is 2. The third kappa shape index (κ3) is 3.59. The Kier molecular flexibility index (Phi) is 4.11. The van der Waals surface area contributed by atoms with Gasteiger partial charge in [0.25, 0.3) is 0 Å². The van der Waals surface area contributed by atoms with Gasteiger partial charge in [0.2, 0.25) is 0 Å². The van der Waals surface area contributed by atoms with Crippen molar-refractivity contribution in [2.75, 3.05) is 13.2 Å². The molecule has 2 atom stereocenters. The minimum Gasteiger partial charge on any atom is -0.479 e. The van der Waals surface area contributed by atoms with E-state index in [9.17, 15) is 9.59 Å². The normalized spacial score (nSPS) is 24.5. The van der Waals surface area contributed by atoms with Crippen LogP contribution in [0.4, 0.5) is 4.79 Å². The van der Waals surface area contributed by atoms with Crippen LogP contribution in [0.3, 0.4) is 0 Å². The van der Waals surface area contributed by atoms with Gasteiger partial charge in [0, 0.05) is 6.42 Å². The molecular weight excluding hydrogens is 202 g/mol. The molecule has 0 aromatic heterocycles. The summed E-state index contributed by atoms with van der Waals surface area (Å²) in [5, 5.41) is 11.1. The number of hydrogen-bond acceptors (Lipinski definition) is 4. The average Bonchev–Trinajstić information content (AvgIpc) is 2.63. The molecule has 0 saturated carbocycles. The topological polar surface area (TPSA) is 84.9 Å². The zero-order chi connectivity index (χ0) is 11.3. The first-order valence-corrected chi connectivity index (χ1v) is 4.52. The van der Waals surface area contributed by atoms with Gasteiger partial charge in [-0.05, 0) is 0 Å². The molecule has 0 aliphatic carbocycles. The van der Waals surface area contributed by atoms with Gasteiger partial charge in [-0.25, -0.2) is 9.59 Å². The van der Waals surface area contributed by atoms with E-state index in [0.29, 0.717) is 0 Å². The fraction of sp³-hybridized carbons (Fsp3) is 0.556. The summed E-state index contributed by atoms with van der Waals surface area (Å²) in [6.45, 7) is 3.71. The number of rotatable bonds is 4. The molecule has 6 heteroatoms. The number of ether oxygens (including phenoxy) is 2. The fourth-order valence-corrected chi connectivity index (χ4v) is 1.24. The smallest absolute Gasteiger partial charge is 0.407 e. The number of carbonyl (C=O) groups excluding carboxylic acids is 1. The lowest BCUT2D eigenvalue weighted by atomic mass is 10.2. The van der Waals surface area contributed by atoms with Crippen LogP contribution in [0.15, 0.2) is 12.7 Å². The first kappa shape index (κ1) is 11.5. The zero-order valence-electron chi connectivity index (χ0n) is 8.14. The molecule has 1 fully saturated rings. The van der Waals surface area contributed by atoms with Crippen molar-refractivity contribution in [3.8, 4) is 0 Å². The molecule has 6 nitrogen and oxygen atoms in total. The number of amides is 1. The van der Waals surface area contributed by atoms with Gasteiger partial charge in [0.15, 0.2) is 6.10 Å². The Morgan fingerprint density at radius 2 is 2.40 bits per heavy atom. The maximum absolute atomic E-state index is 11.1. The SMILES string of the molecule is C=CCOC(=O)N[C@H]1CO[C@H](C(=O)O)C1. The Morgan fingerprint density at radius 1 is 1.67 bits per heavy atom. The predicted molar refractivity (Wildman–Crippen MR) is 50.5 cm³/mol. The Balaban J connectivity index is 2.26. The van der Waals surface area contributed by atoms with E-state index in [-0.39, 0.29) is 25.7 Å². The zero-order valence-corrected chi connectivity index (χ0v) is 8.14. The van der Waals surface area contributed by atoms with Crippen LogP contribution in [0.5, 0.6) is 0 Å². The molecule has 15 heavy (non-hydrogen) atoms. The summed E-state index contributed by atoms with van der Waals surface area (Å²) in [6, 6.07) is -0.302. The van der Waals surface area contributed by atoms with Gasteiger partial charge in [-0.1, -0.05) is 12.7 Å². The number of carboxylic acid groups (broad SMARTS) is 1. The van der Waals surface area contributed by atoms with Crippen LogP contribution in [0, 0.1) is 0 Å². The maximum Gasteiger partial charge on any atom is 0.407 e. The number of carboxylic acids is 1. The Bertz CT molecular complexity index is 265. The van der Waals surface area contributed by atoms with Crippen molar-refractivity contribution in [2.45, 2.75) is 18.6 Å². The van der Waals surface area contributed by atoms with Crippen molar-refractivity contribution in [1.29, 1.82) is 0 Å². The van der Waals surface area contributed by atoms with Gasteiger partial charge in [0.05, 0.1) is 12.6 Å². The lowest BCUT2D eigenvalue weighted by molar-refractivity contribution is -0.147. The minimum atomic E-state index is -1.02. The van der Waals surface area contributed by atoms with Crippen LogP contribution in [-0.4, -0.2) is 42.5 Å². The first-order valence-electron chi connectivity index (χ1n) is 4.52. The van der Waals surface area contributed by atoms with E-state index in [1.165, 1.54) is 6.08 Å². The average molecular weight is 215 g/mol. The van der Waals surface area contributed by atoms with Crippen molar-refractivity contribution < 1.29 is 24.2 Å². The van der Waals surface area contributed by atoms with Crippen molar-refractivity contribution in [3.05, 3.63) is 12.7 Å². The van der Waals surface area contributed by atoms with Crippen LogP contribution in [0.2, 0.25) is 0 Å². The molecule has 0 radical (unpaired) electrons. The molecule has 0 unspecified atom stereocenters. The highest BCUT2D eigenvalue weighted by Crippen LogP contribution is 2.13. The Labute approximate surface area is 86.9 Å². The number of nitrogens with one attached hydrogen (secondary N) is 1. The first-order chi connectivity index (χ1) is 7.13. The number of carbonyl (C=O) groups is 2. The molecule has 1 rings (SSSR count). The fourth-order valence-electron chi connectivity index (χ4n) is 1.24. The van der Waals surface area contributed by atoms with E-state index >= 15 is 0 Å². The lowest BCUT2D eigenvalue weighted by Gasteiger charge is -2.09. The summed E-state index contributed by atoms with van der Waals surface area (Å²) < 4.78 is 9.62. The summed E-state index contributed by atoms with van der Waals surface area (Å²) >= 11 is 0. The molecule has 1 amide bonds.